The summed E-state index contributed by atoms with van der Waals surface area (Å²) in [5, 5.41) is 3.49. The van der Waals surface area contributed by atoms with Gasteiger partial charge in [-0.3, -0.25) is 0 Å². The number of anilines is 1. The Hall–Kier alpha value is -2.98. The lowest BCUT2D eigenvalue weighted by molar-refractivity contribution is 1.02. The van der Waals surface area contributed by atoms with Gasteiger partial charge in [0.25, 0.3) is 0 Å². The van der Waals surface area contributed by atoms with Crippen LogP contribution in [0.1, 0.15) is 17.2 Å². The minimum Gasteiger partial charge on any atom is -0.368 e. The van der Waals surface area contributed by atoms with Crippen LogP contribution in [-0.2, 0) is 0 Å². The number of rotatable bonds is 3. The lowest BCUT2D eigenvalue weighted by Gasteiger charge is -2.15. The topological polar surface area (TPSA) is 12.0 Å². The number of para-hydroxylation sites is 1. The Morgan fingerprint density at radius 1 is 0.636 bits per heavy atom. The molecule has 0 unspecified atom stereocenters. The van der Waals surface area contributed by atoms with Gasteiger partial charge in [-0.2, -0.15) is 0 Å². The molecular weight excluding hydrogens is 266 g/mol. The van der Waals surface area contributed by atoms with Crippen molar-refractivity contribution in [2.45, 2.75) is 6.04 Å². The van der Waals surface area contributed by atoms with E-state index in [1.807, 2.05) is 66.7 Å². The largest absolute Gasteiger partial charge is 0.368 e. The second kappa shape index (κ2) is 7.15. The highest BCUT2D eigenvalue weighted by Gasteiger charge is 2.07. The van der Waals surface area contributed by atoms with Crippen LogP contribution >= 0.6 is 0 Å². The molecule has 3 aromatic rings. The monoisotopic (exact) mass is 283 g/mol. The fraction of sp³-hybridized carbons (Fsp3) is 0.0476. The Morgan fingerprint density at radius 3 is 1.82 bits per heavy atom. The van der Waals surface area contributed by atoms with E-state index in [9.17, 15) is 0 Å². The molecule has 1 nitrogen and oxygen atoms in total. The lowest BCUT2D eigenvalue weighted by atomic mass is 10.1. The van der Waals surface area contributed by atoms with Crippen LogP contribution in [-0.4, -0.2) is 0 Å². The van der Waals surface area contributed by atoms with Gasteiger partial charge in [0.2, 0.25) is 0 Å². The van der Waals surface area contributed by atoms with Gasteiger partial charge in [-0.1, -0.05) is 78.6 Å². The summed E-state index contributed by atoms with van der Waals surface area (Å²) < 4.78 is 0. The summed E-state index contributed by atoms with van der Waals surface area (Å²) in [7, 11) is 0. The molecule has 106 valence electrons. The first-order chi connectivity index (χ1) is 10.9. The molecule has 0 fully saturated rings. The third-order valence-corrected chi connectivity index (χ3v) is 3.35. The summed E-state index contributed by atoms with van der Waals surface area (Å²) >= 11 is 0. The van der Waals surface area contributed by atoms with E-state index in [1.54, 1.807) is 0 Å². The van der Waals surface area contributed by atoms with Crippen molar-refractivity contribution >= 4 is 5.69 Å². The zero-order valence-corrected chi connectivity index (χ0v) is 12.2. The normalized spacial score (nSPS) is 11.1. The molecule has 1 heteroatoms. The fourth-order valence-corrected chi connectivity index (χ4v) is 2.23. The van der Waals surface area contributed by atoms with Crippen molar-refractivity contribution in [3.63, 3.8) is 0 Å². The molecule has 3 rings (SSSR count). The van der Waals surface area contributed by atoms with Gasteiger partial charge in [-0.15, -0.1) is 0 Å². The van der Waals surface area contributed by atoms with E-state index in [-0.39, 0.29) is 6.04 Å². The van der Waals surface area contributed by atoms with Gasteiger partial charge in [-0.25, -0.2) is 0 Å². The van der Waals surface area contributed by atoms with E-state index < -0.39 is 0 Å². The second-order valence-electron chi connectivity index (χ2n) is 4.99. The molecule has 0 aromatic heterocycles. The van der Waals surface area contributed by atoms with E-state index in [0.29, 0.717) is 0 Å². The molecule has 0 aliphatic rings. The number of benzene rings is 3. The van der Waals surface area contributed by atoms with Crippen molar-refractivity contribution in [3.05, 3.63) is 102 Å². The van der Waals surface area contributed by atoms with Crippen molar-refractivity contribution in [2.24, 2.45) is 0 Å². The van der Waals surface area contributed by atoms with Gasteiger partial charge in [0.05, 0.1) is 0 Å². The quantitative estimate of drug-likeness (QED) is 0.675. The highest BCUT2D eigenvalue weighted by atomic mass is 14.9. The highest BCUT2D eigenvalue weighted by Crippen LogP contribution is 2.18. The molecule has 1 N–H and O–H groups in total. The number of nitrogens with one attached hydrogen (secondary N) is 1. The third kappa shape index (κ3) is 3.77. The Labute approximate surface area is 131 Å². The summed E-state index contributed by atoms with van der Waals surface area (Å²) in [6.07, 6.45) is 0. The average Bonchev–Trinajstić information content (AvgIpc) is 2.61. The maximum Gasteiger partial charge on any atom is 0.114 e. The van der Waals surface area contributed by atoms with E-state index in [2.05, 4.69) is 41.4 Å². The van der Waals surface area contributed by atoms with Crippen molar-refractivity contribution < 1.29 is 0 Å². The summed E-state index contributed by atoms with van der Waals surface area (Å²) in [6.45, 7) is 0. The Bertz CT molecular complexity index is 753. The van der Waals surface area contributed by atoms with Crippen LogP contribution in [0.2, 0.25) is 0 Å². The maximum absolute atomic E-state index is 3.49. The fourth-order valence-electron chi connectivity index (χ4n) is 2.23. The van der Waals surface area contributed by atoms with Gasteiger partial charge in [-0.05, 0) is 29.8 Å². The predicted octanol–water partition coefficient (Wildman–Crippen LogP) is 4.89. The van der Waals surface area contributed by atoms with E-state index in [1.165, 1.54) is 0 Å². The zero-order chi connectivity index (χ0) is 15.0. The van der Waals surface area contributed by atoms with E-state index in [0.717, 1.165) is 16.8 Å². The van der Waals surface area contributed by atoms with E-state index in [4.69, 9.17) is 0 Å². The summed E-state index contributed by atoms with van der Waals surface area (Å²) in [5.41, 5.74) is 3.26. The van der Waals surface area contributed by atoms with Crippen molar-refractivity contribution in [2.75, 3.05) is 5.32 Å². The minimum atomic E-state index is -0.0381. The molecule has 0 bridgehead atoms. The number of hydrogen-bond donors (Lipinski definition) is 1. The molecule has 0 spiro atoms. The van der Waals surface area contributed by atoms with Crippen LogP contribution < -0.4 is 5.32 Å². The Kier molecular flexibility index (Phi) is 4.54. The highest BCUT2D eigenvalue weighted by molar-refractivity contribution is 5.49. The minimum absolute atomic E-state index is 0.0381. The van der Waals surface area contributed by atoms with Gasteiger partial charge < -0.3 is 5.32 Å². The van der Waals surface area contributed by atoms with Gasteiger partial charge in [0, 0.05) is 11.3 Å². The van der Waals surface area contributed by atoms with Crippen molar-refractivity contribution in [1.82, 2.24) is 0 Å². The summed E-state index contributed by atoms with van der Waals surface area (Å²) in [5.74, 6) is 6.59. The molecule has 0 radical (unpaired) electrons. The molecular formula is C21H17N. The summed E-state index contributed by atoms with van der Waals surface area (Å²) in [4.78, 5) is 0. The first-order valence-corrected chi connectivity index (χ1v) is 7.35. The van der Waals surface area contributed by atoms with Crippen molar-refractivity contribution in [3.8, 4) is 11.8 Å². The SMILES string of the molecule is C(#C[C@H](Nc1ccccc1)c1ccccc1)c1ccccc1. The molecule has 3 aromatic carbocycles. The molecule has 0 heterocycles. The Morgan fingerprint density at radius 2 is 1.18 bits per heavy atom. The molecule has 0 saturated heterocycles. The third-order valence-electron chi connectivity index (χ3n) is 3.35. The average molecular weight is 283 g/mol. The van der Waals surface area contributed by atoms with Crippen LogP contribution in [0.5, 0.6) is 0 Å². The molecule has 22 heavy (non-hydrogen) atoms. The maximum atomic E-state index is 3.49. The van der Waals surface area contributed by atoms with Crippen LogP contribution in [0.25, 0.3) is 0 Å². The van der Waals surface area contributed by atoms with Crippen molar-refractivity contribution in [1.29, 1.82) is 0 Å². The summed E-state index contributed by atoms with van der Waals surface area (Å²) in [6, 6.07) is 30.5. The molecule has 1 atom stereocenters. The smallest absolute Gasteiger partial charge is 0.114 e. The first kappa shape index (κ1) is 14.0. The van der Waals surface area contributed by atoms with Crippen LogP contribution in [0.3, 0.4) is 0 Å². The zero-order valence-electron chi connectivity index (χ0n) is 12.2. The van der Waals surface area contributed by atoms with Gasteiger partial charge in [0.15, 0.2) is 0 Å². The second-order valence-corrected chi connectivity index (χ2v) is 4.99. The predicted molar refractivity (Wildman–Crippen MR) is 92.6 cm³/mol. The number of hydrogen-bond acceptors (Lipinski definition) is 1. The van der Waals surface area contributed by atoms with Gasteiger partial charge in [0.1, 0.15) is 6.04 Å². The van der Waals surface area contributed by atoms with Crippen LogP contribution in [0.4, 0.5) is 5.69 Å². The van der Waals surface area contributed by atoms with E-state index >= 15 is 0 Å². The molecule has 0 aliphatic carbocycles. The lowest BCUT2D eigenvalue weighted by Crippen LogP contribution is -2.08. The molecule has 0 aliphatic heterocycles. The standard InChI is InChI=1S/C21H17N/c1-4-10-18(11-5-1)16-17-21(19-12-6-2-7-13-19)22-20-14-8-3-9-15-20/h1-15,21-22H/t21-/m0/s1. The molecule has 0 amide bonds. The van der Waals surface area contributed by atoms with Crippen LogP contribution in [0.15, 0.2) is 91.0 Å². The van der Waals surface area contributed by atoms with Gasteiger partial charge >= 0.3 is 0 Å². The van der Waals surface area contributed by atoms with Crippen LogP contribution in [0, 0.1) is 11.8 Å². The first-order valence-electron chi connectivity index (χ1n) is 7.35. The Balaban J connectivity index is 1.89. The molecule has 0 saturated carbocycles.